The van der Waals surface area contributed by atoms with Gasteiger partial charge in [-0.1, -0.05) is 54.6 Å². The van der Waals surface area contributed by atoms with Gasteiger partial charge in [0.05, 0.1) is 22.1 Å². The molecule has 5 heteroatoms. The summed E-state index contributed by atoms with van der Waals surface area (Å²) in [6.45, 7) is 0. The Morgan fingerprint density at radius 2 is 0.967 bits per heavy atom. The first-order chi connectivity index (χ1) is 14.8. The third-order valence-electron chi connectivity index (χ3n) is 5.20. The Bertz CT molecular complexity index is 1340. The number of rotatable bonds is 3. The number of para-hydroxylation sites is 4. The summed E-state index contributed by atoms with van der Waals surface area (Å²) in [7, 11) is 0. The van der Waals surface area contributed by atoms with Crippen LogP contribution in [-0.4, -0.2) is 24.9 Å². The van der Waals surface area contributed by atoms with Gasteiger partial charge in [0.2, 0.25) is 0 Å². The van der Waals surface area contributed by atoms with Gasteiger partial charge in [-0.15, -0.1) is 0 Å². The van der Waals surface area contributed by atoms with Crippen LogP contribution in [0.3, 0.4) is 0 Å². The maximum Gasteiger partial charge on any atom is 0.157 e. The molecule has 6 rings (SSSR count). The molecule has 0 saturated carbocycles. The van der Waals surface area contributed by atoms with E-state index in [0.717, 1.165) is 56.2 Å². The van der Waals surface area contributed by atoms with Gasteiger partial charge in [0.15, 0.2) is 11.6 Å². The van der Waals surface area contributed by atoms with E-state index in [4.69, 9.17) is 15.0 Å². The number of nitrogens with zero attached hydrogens (tertiary/aromatic N) is 3. The summed E-state index contributed by atoms with van der Waals surface area (Å²) in [5.41, 5.74) is 7.57. The first-order valence-electron chi connectivity index (χ1n) is 9.81. The van der Waals surface area contributed by atoms with Crippen LogP contribution in [0.5, 0.6) is 0 Å². The molecule has 2 N–H and O–H groups in total. The SMILES string of the molecule is c1ccc(-c2cc(-c3nc4ccccc4[nH]3)nc(-c3nc4ccccc4[nH]3)c2)cc1. The zero-order chi connectivity index (χ0) is 19.9. The predicted octanol–water partition coefficient (Wildman–Crippen LogP) is 5.84. The van der Waals surface area contributed by atoms with Crippen LogP contribution in [0.1, 0.15) is 0 Å². The number of H-pyrrole nitrogens is 2. The van der Waals surface area contributed by atoms with Crippen molar-refractivity contribution in [3.8, 4) is 34.2 Å². The molecule has 0 spiro atoms. The normalized spacial score (nSPS) is 11.3. The van der Waals surface area contributed by atoms with Crippen molar-refractivity contribution in [1.29, 1.82) is 0 Å². The van der Waals surface area contributed by atoms with Crippen molar-refractivity contribution in [3.63, 3.8) is 0 Å². The number of fused-ring (bicyclic) bond motifs is 2. The molecule has 0 amide bonds. The monoisotopic (exact) mass is 387 g/mol. The minimum absolute atomic E-state index is 0.742. The van der Waals surface area contributed by atoms with Crippen LogP contribution >= 0.6 is 0 Å². The van der Waals surface area contributed by atoms with Gasteiger partial charge in [0.1, 0.15) is 11.4 Å². The van der Waals surface area contributed by atoms with Gasteiger partial charge in [-0.2, -0.15) is 0 Å². The Labute approximate surface area is 172 Å². The summed E-state index contributed by atoms with van der Waals surface area (Å²) in [4.78, 5) is 21.2. The van der Waals surface area contributed by atoms with Crippen LogP contribution in [0.15, 0.2) is 91.0 Å². The summed E-state index contributed by atoms with van der Waals surface area (Å²) in [6, 6.07) is 30.4. The van der Waals surface area contributed by atoms with Gasteiger partial charge in [0, 0.05) is 0 Å². The van der Waals surface area contributed by atoms with Gasteiger partial charge in [-0.05, 0) is 47.5 Å². The van der Waals surface area contributed by atoms with Gasteiger partial charge >= 0.3 is 0 Å². The average molecular weight is 387 g/mol. The Balaban J connectivity index is 1.57. The zero-order valence-electron chi connectivity index (χ0n) is 16.0. The molecule has 0 unspecified atom stereocenters. The number of benzene rings is 3. The molecule has 0 radical (unpaired) electrons. The molecule has 3 aromatic heterocycles. The quantitative estimate of drug-likeness (QED) is 0.401. The highest BCUT2D eigenvalue weighted by Gasteiger charge is 2.14. The maximum absolute atomic E-state index is 4.90. The fourth-order valence-corrected chi connectivity index (χ4v) is 3.72. The molecule has 0 saturated heterocycles. The van der Waals surface area contributed by atoms with E-state index in [-0.39, 0.29) is 0 Å². The molecule has 0 aliphatic carbocycles. The van der Waals surface area contributed by atoms with E-state index < -0.39 is 0 Å². The van der Waals surface area contributed by atoms with E-state index in [1.165, 1.54) is 0 Å². The van der Waals surface area contributed by atoms with E-state index in [1.54, 1.807) is 0 Å². The van der Waals surface area contributed by atoms with Crippen LogP contribution in [0.2, 0.25) is 0 Å². The molecule has 5 nitrogen and oxygen atoms in total. The van der Waals surface area contributed by atoms with Crippen molar-refractivity contribution in [3.05, 3.63) is 91.0 Å². The fourth-order valence-electron chi connectivity index (χ4n) is 3.72. The Kier molecular flexibility index (Phi) is 3.71. The second-order valence-corrected chi connectivity index (χ2v) is 7.20. The molecule has 3 aromatic carbocycles. The summed E-state index contributed by atoms with van der Waals surface area (Å²) in [6.07, 6.45) is 0. The second kappa shape index (κ2) is 6.67. The largest absolute Gasteiger partial charge is 0.337 e. The van der Waals surface area contributed by atoms with Crippen molar-refractivity contribution in [1.82, 2.24) is 24.9 Å². The Morgan fingerprint density at radius 3 is 1.50 bits per heavy atom. The Morgan fingerprint density at radius 1 is 0.467 bits per heavy atom. The number of nitrogens with one attached hydrogen (secondary N) is 2. The molecule has 6 aromatic rings. The van der Waals surface area contributed by atoms with Crippen LogP contribution in [0.25, 0.3) is 56.2 Å². The van der Waals surface area contributed by atoms with Crippen LogP contribution in [0.4, 0.5) is 0 Å². The van der Waals surface area contributed by atoms with Gasteiger partial charge in [-0.25, -0.2) is 15.0 Å². The molecular formula is C25H17N5. The summed E-state index contributed by atoms with van der Waals surface area (Å²) in [5.74, 6) is 1.48. The van der Waals surface area contributed by atoms with Crippen molar-refractivity contribution in [2.45, 2.75) is 0 Å². The molecule has 142 valence electrons. The standard InChI is InChI=1S/C25H17N5/c1-2-8-16(9-3-1)17-14-22(24-27-18-10-4-5-11-19(18)28-24)26-23(15-17)25-29-20-12-6-7-13-21(20)30-25/h1-15H,(H,27,28)(H,29,30). The van der Waals surface area contributed by atoms with E-state index in [1.807, 2.05) is 66.7 Å². The van der Waals surface area contributed by atoms with E-state index in [9.17, 15) is 0 Å². The van der Waals surface area contributed by atoms with Crippen LogP contribution in [0, 0.1) is 0 Å². The van der Waals surface area contributed by atoms with Crippen LogP contribution < -0.4 is 0 Å². The molecular weight excluding hydrogens is 370 g/mol. The van der Waals surface area contributed by atoms with E-state index in [2.05, 4.69) is 34.2 Å². The van der Waals surface area contributed by atoms with Crippen molar-refractivity contribution in [2.75, 3.05) is 0 Å². The molecule has 3 heterocycles. The molecule has 0 fully saturated rings. The lowest BCUT2D eigenvalue weighted by molar-refractivity contribution is 1.20. The maximum atomic E-state index is 4.90. The second-order valence-electron chi connectivity index (χ2n) is 7.20. The zero-order valence-corrected chi connectivity index (χ0v) is 16.0. The predicted molar refractivity (Wildman–Crippen MR) is 120 cm³/mol. The van der Waals surface area contributed by atoms with Gasteiger partial charge in [0.25, 0.3) is 0 Å². The lowest BCUT2D eigenvalue weighted by atomic mass is 10.0. The Hall–Kier alpha value is -4.25. The average Bonchev–Trinajstić information content (AvgIpc) is 3.44. The van der Waals surface area contributed by atoms with Crippen molar-refractivity contribution in [2.24, 2.45) is 0 Å². The number of pyridine rings is 1. The molecule has 0 aliphatic rings. The minimum Gasteiger partial charge on any atom is -0.337 e. The minimum atomic E-state index is 0.742. The topological polar surface area (TPSA) is 70.2 Å². The fraction of sp³-hybridized carbons (Fsp3) is 0. The highest BCUT2D eigenvalue weighted by Crippen LogP contribution is 2.29. The molecule has 30 heavy (non-hydrogen) atoms. The third kappa shape index (κ3) is 2.84. The number of hydrogen-bond acceptors (Lipinski definition) is 3. The number of aromatic nitrogens is 5. The van der Waals surface area contributed by atoms with E-state index in [0.29, 0.717) is 0 Å². The highest BCUT2D eigenvalue weighted by atomic mass is 15.0. The lowest BCUT2D eigenvalue weighted by Crippen LogP contribution is -1.93. The third-order valence-corrected chi connectivity index (χ3v) is 5.20. The highest BCUT2D eigenvalue weighted by molar-refractivity contribution is 5.82. The first kappa shape index (κ1) is 16.7. The van der Waals surface area contributed by atoms with Crippen LogP contribution in [-0.2, 0) is 0 Å². The summed E-state index contributed by atoms with van der Waals surface area (Å²) >= 11 is 0. The molecule has 0 aliphatic heterocycles. The molecule has 0 atom stereocenters. The van der Waals surface area contributed by atoms with E-state index >= 15 is 0 Å². The number of imidazole rings is 2. The first-order valence-corrected chi connectivity index (χ1v) is 9.81. The summed E-state index contributed by atoms with van der Waals surface area (Å²) < 4.78 is 0. The summed E-state index contributed by atoms with van der Waals surface area (Å²) in [5, 5.41) is 0. The van der Waals surface area contributed by atoms with Crippen molar-refractivity contribution < 1.29 is 0 Å². The smallest absolute Gasteiger partial charge is 0.157 e. The number of aromatic amines is 2. The molecule has 0 bridgehead atoms. The van der Waals surface area contributed by atoms with Gasteiger partial charge in [-0.3, -0.25) is 0 Å². The van der Waals surface area contributed by atoms with Gasteiger partial charge < -0.3 is 9.97 Å². The van der Waals surface area contributed by atoms with Crippen molar-refractivity contribution >= 4 is 22.1 Å². The lowest BCUT2D eigenvalue weighted by Gasteiger charge is -2.07. The number of hydrogen-bond donors (Lipinski definition) is 2.